The molecule has 1 heterocycles. The van der Waals surface area contributed by atoms with Crippen LogP contribution in [0.3, 0.4) is 0 Å². The normalized spacial score (nSPS) is 10.5. The number of benzene rings is 1. The van der Waals surface area contributed by atoms with Crippen LogP contribution < -0.4 is 0 Å². The Morgan fingerprint density at radius 3 is 2.82 bits per heavy atom. The summed E-state index contributed by atoms with van der Waals surface area (Å²) in [7, 11) is 1.33. The van der Waals surface area contributed by atoms with Crippen molar-refractivity contribution >= 4 is 28.3 Å². The van der Waals surface area contributed by atoms with Gasteiger partial charge in [-0.15, -0.1) is 0 Å². The average Bonchev–Trinajstić information content (AvgIpc) is 2.37. The molecule has 2 aromatic rings. The molecule has 0 saturated heterocycles. The van der Waals surface area contributed by atoms with E-state index in [0.29, 0.717) is 5.15 Å². The average molecular weight is 250 g/mol. The molecule has 0 saturated carbocycles. The maximum atomic E-state index is 11.5. The highest BCUT2D eigenvalue weighted by atomic mass is 35.5. The van der Waals surface area contributed by atoms with Gasteiger partial charge in [-0.3, -0.25) is 0 Å². The fourth-order valence-electron chi connectivity index (χ4n) is 1.82. The van der Waals surface area contributed by atoms with E-state index >= 15 is 0 Å². The Labute approximate surface area is 104 Å². The van der Waals surface area contributed by atoms with Gasteiger partial charge < -0.3 is 4.74 Å². The molecule has 0 atom stereocenters. The number of aromatic nitrogens is 1. The van der Waals surface area contributed by atoms with Gasteiger partial charge in [0, 0.05) is 5.39 Å². The first-order chi connectivity index (χ1) is 8.17. The van der Waals surface area contributed by atoms with Crippen LogP contribution in [0.15, 0.2) is 24.3 Å². The van der Waals surface area contributed by atoms with Crippen molar-refractivity contribution in [3.05, 3.63) is 40.7 Å². The first kappa shape index (κ1) is 11.9. The fraction of sp³-hybridized carbons (Fsp3) is 0.231. The van der Waals surface area contributed by atoms with Crippen molar-refractivity contribution in [2.24, 2.45) is 0 Å². The van der Waals surface area contributed by atoms with Crippen molar-refractivity contribution < 1.29 is 9.53 Å². The van der Waals surface area contributed by atoms with Gasteiger partial charge in [-0.2, -0.15) is 0 Å². The van der Waals surface area contributed by atoms with Crippen molar-refractivity contribution in [2.75, 3.05) is 7.11 Å². The van der Waals surface area contributed by atoms with Gasteiger partial charge in [0.2, 0.25) is 0 Å². The van der Waals surface area contributed by atoms with Crippen LogP contribution in [0.4, 0.5) is 0 Å². The zero-order chi connectivity index (χ0) is 12.4. The largest absolute Gasteiger partial charge is 0.464 e. The Kier molecular flexibility index (Phi) is 3.29. The lowest BCUT2D eigenvalue weighted by molar-refractivity contribution is 0.0594. The number of esters is 1. The second-order valence-electron chi connectivity index (χ2n) is 3.66. The van der Waals surface area contributed by atoms with Crippen molar-refractivity contribution in [3.63, 3.8) is 0 Å². The fourth-order valence-corrected chi connectivity index (χ4v) is 2.07. The Morgan fingerprint density at radius 1 is 1.41 bits per heavy atom. The lowest BCUT2D eigenvalue weighted by atomic mass is 10.0. The van der Waals surface area contributed by atoms with E-state index < -0.39 is 5.97 Å². The highest BCUT2D eigenvalue weighted by Gasteiger charge is 2.12. The van der Waals surface area contributed by atoms with Gasteiger partial charge in [-0.25, -0.2) is 9.78 Å². The molecule has 0 aliphatic carbocycles. The molecule has 0 radical (unpaired) electrons. The summed E-state index contributed by atoms with van der Waals surface area (Å²) < 4.78 is 4.65. The highest BCUT2D eigenvalue weighted by Crippen LogP contribution is 2.26. The predicted octanol–water partition coefficient (Wildman–Crippen LogP) is 3.24. The van der Waals surface area contributed by atoms with Crippen LogP contribution in [0.5, 0.6) is 0 Å². The number of rotatable bonds is 2. The first-order valence-electron chi connectivity index (χ1n) is 5.33. The molecule has 1 aromatic carbocycles. The van der Waals surface area contributed by atoms with Crippen LogP contribution >= 0.6 is 11.6 Å². The van der Waals surface area contributed by atoms with E-state index in [1.54, 1.807) is 6.07 Å². The smallest absolute Gasteiger partial charge is 0.356 e. The van der Waals surface area contributed by atoms with Crippen LogP contribution in [-0.2, 0) is 11.2 Å². The zero-order valence-electron chi connectivity index (χ0n) is 9.66. The minimum absolute atomic E-state index is 0.242. The summed E-state index contributed by atoms with van der Waals surface area (Å²) in [5.74, 6) is -0.472. The van der Waals surface area contributed by atoms with Crippen molar-refractivity contribution in [1.82, 2.24) is 4.98 Å². The molecule has 2 rings (SSSR count). The second-order valence-corrected chi connectivity index (χ2v) is 4.01. The first-order valence-corrected chi connectivity index (χ1v) is 5.71. The number of aryl methyl sites for hydroxylation is 1. The Bertz CT molecular complexity index is 581. The van der Waals surface area contributed by atoms with E-state index in [1.807, 2.05) is 18.2 Å². The molecule has 0 fully saturated rings. The summed E-state index contributed by atoms with van der Waals surface area (Å²) in [6, 6.07) is 7.57. The second kappa shape index (κ2) is 4.72. The van der Waals surface area contributed by atoms with Gasteiger partial charge in [0.15, 0.2) is 5.69 Å². The zero-order valence-corrected chi connectivity index (χ0v) is 10.4. The van der Waals surface area contributed by atoms with Gasteiger partial charge in [0.1, 0.15) is 5.15 Å². The van der Waals surface area contributed by atoms with Crippen LogP contribution in [0.25, 0.3) is 10.8 Å². The van der Waals surface area contributed by atoms with Gasteiger partial charge in [-0.1, -0.05) is 36.7 Å². The Hall–Kier alpha value is -1.61. The van der Waals surface area contributed by atoms with Crippen molar-refractivity contribution in [3.8, 4) is 0 Å². The van der Waals surface area contributed by atoms with Gasteiger partial charge >= 0.3 is 5.97 Å². The number of hydrogen-bond acceptors (Lipinski definition) is 3. The molecule has 0 aliphatic rings. The van der Waals surface area contributed by atoms with Crippen LogP contribution in [-0.4, -0.2) is 18.1 Å². The highest BCUT2D eigenvalue weighted by molar-refractivity contribution is 6.34. The molecule has 0 unspecified atom stereocenters. The molecule has 0 bridgehead atoms. The minimum Gasteiger partial charge on any atom is -0.464 e. The minimum atomic E-state index is -0.472. The van der Waals surface area contributed by atoms with Crippen LogP contribution in [0.2, 0.25) is 5.15 Å². The molecular formula is C13H12ClNO2. The van der Waals surface area contributed by atoms with E-state index in [-0.39, 0.29) is 5.69 Å². The van der Waals surface area contributed by atoms with E-state index in [4.69, 9.17) is 11.6 Å². The SMILES string of the molecule is CCc1cccc2c(Cl)nc(C(=O)OC)cc12. The number of methoxy groups -OCH3 is 1. The maximum absolute atomic E-state index is 11.5. The summed E-state index contributed by atoms with van der Waals surface area (Å²) in [6.45, 7) is 2.06. The summed E-state index contributed by atoms with van der Waals surface area (Å²) in [6.07, 6.45) is 0.873. The molecule has 0 N–H and O–H groups in total. The summed E-state index contributed by atoms with van der Waals surface area (Å²) in [4.78, 5) is 15.5. The quantitative estimate of drug-likeness (QED) is 0.606. The number of pyridine rings is 1. The van der Waals surface area contributed by atoms with E-state index in [2.05, 4.69) is 16.6 Å². The number of carbonyl (C=O) groups is 1. The summed E-state index contributed by atoms with van der Waals surface area (Å²) in [5, 5.41) is 2.15. The van der Waals surface area contributed by atoms with E-state index in [1.165, 1.54) is 7.11 Å². The molecule has 0 aliphatic heterocycles. The van der Waals surface area contributed by atoms with Crippen LogP contribution in [0, 0.1) is 0 Å². The van der Waals surface area contributed by atoms with Crippen molar-refractivity contribution in [1.29, 1.82) is 0 Å². The summed E-state index contributed by atoms with van der Waals surface area (Å²) in [5.41, 5.74) is 1.38. The molecular weight excluding hydrogens is 238 g/mol. The Balaban J connectivity index is 2.74. The Morgan fingerprint density at radius 2 is 2.18 bits per heavy atom. The molecule has 1 aromatic heterocycles. The number of hydrogen-bond donors (Lipinski definition) is 0. The molecule has 0 amide bonds. The van der Waals surface area contributed by atoms with Crippen LogP contribution in [0.1, 0.15) is 23.0 Å². The summed E-state index contributed by atoms with van der Waals surface area (Å²) >= 11 is 6.07. The van der Waals surface area contributed by atoms with E-state index in [0.717, 1.165) is 22.8 Å². The lowest BCUT2D eigenvalue weighted by Gasteiger charge is -2.07. The van der Waals surface area contributed by atoms with Gasteiger partial charge in [0.25, 0.3) is 0 Å². The number of fused-ring (bicyclic) bond motifs is 1. The lowest BCUT2D eigenvalue weighted by Crippen LogP contribution is -2.04. The van der Waals surface area contributed by atoms with Gasteiger partial charge in [-0.05, 0) is 23.4 Å². The number of ether oxygens (including phenoxy) is 1. The molecule has 88 valence electrons. The molecule has 17 heavy (non-hydrogen) atoms. The van der Waals surface area contributed by atoms with Crippen molar-refractivity contribution in [2.45, 2.75) is 13.3 Å². The standard InChI is InChI=1S/C13H12ClNO2/c1-3-8-5-4-6-9-10(8)7-11(13(16)17-2)15-12(9)14/h4-7H,3H2,1-2H3. The van der Waals surface area contributed by atoms with Gasteiger partial charge in [0.05, 0.1) is 7.11 Å². The van der Waals surface area contributed by atoms with E-state index in [9.17, 15) is 4.79 Å². The third-order valence-corrected chi connectivity index (χ3v) is 2.98. The monoisotopic (exact) mass is 249 g/mol. The number of nitrogens with zero attached hydrogens (tertiary/aromatic N) is 1. The molecule has 3 nitrogen and oxygen atoms in total. The predicted molar refractivity (Wildman–Crippen MR) is 67.5 cm³/mol. The third kappa shape index (κ3) is 2.11. The topological polar surface area (TPSA) is 39.2 Å². The number of halogens is 1. The molecule has 4 heteroatoms. The molecule has 0 spiro atoms. The third-order valence-electron chi connectivity index (χ3n) is 2.69. The number of carbonyl (C=O) groups excluding carboxylic acids is 1. The maximum Gasteiger partial charge on any atom is 0.356 e.